The minimum atomic E-state index is -0.606. The summed E-state index contributed by atoms with van der Waals surface area (Å²) in [6, 6.07) is 7.58. The van der Waals surface area contributed by atoms with Gasteiger partial charge < -0.3 is 28.7 Å². The van der Waals surface area contributed by atoms with E-state index < -0.39 is 5.72 Å². The van der Waals surface area contributed by atoms with Gasteiger partial charge in [-0.3, -0.25) is 0 Å². The van der Waals surface area contributed by atoms with Gasteiger partial charge in [0.2, 0.25) is 6.21 Å². The maximum Gasteiger partial charge on any atom is 0.259 e. The molecule has 0 fully saturated rings. The van der Waals surface area contributed by atoms with Crippen molar-refractivity contribution in [3.63, 3.8) is 0 Å². The minimum Gasteiger partial charge on any atom is -1.00 e. The molecule has 2 aliphatic heterocycles. The predicted octanol–water partition coefficient (Wildman–Crippen LogP) is -0.270. The van der Waals surface area contributed by atoms with Crippen molar-refractivity contribution in [1.29, 1.82) is 5.26 Å². The van der Waals surface area contributed by atoms with Crippen LogP contribution < -0.4 is 33.7 Å². The maximum atomic E-state index is 9.07. The molecular weight excluding hydrogens is 389 g/mol. The van der Waals surface area contributed by atoms with Crippen molar-refractivity contribution in [2.24, 2.45) is 4.99 Å². The van der Waals surface area contributed by atoms with Crippen molar-refractivity contribution in [1.82, 2.24) is 4.99 Å². The molecule has 1 radical (unpaired) electrons. The molecule has 1 aromatic rings. The molecule has 0 bridgehead atoms. The van der Waals surface area contributed by atoms with E-state index in [0.29, 0.717) is 12.0 Å². The highest BCUT2D eigenvalue weighted by Crippen LogP contribution is 2.32. The standard InChI is InChI=1S/C17H15N3O.HI/c1-17(2)20-15(10-13-5-3-4-8-19-13)14-9-12(11-18)6-7-16(14)21-17;/h3-9H,10H2,1-2H3;1H/q+1;/p-1. The molecular formula is C17H15IN3O. The molecule has 3 rings (SSSR count). The summed E-state index contributed by atoms with van der Waals surface area (Å²) in [5.74, 6) is 0.764. The lowest BCUT2D eigenvalue weighted by atomic mass is 9.99. The van der Waals surface area contributed by atoms with Crippen molar-refractivity contribution in [2.75, 3.05) is 0 Å². The Morgan fingerprint density at radius 1 is 1.32 bits per heavy atom. The molecule has 0 atom stereocenters. The Labute approximate surface area is 146 Å². The zero-order chi connectivity index (χ0) is 14.9. The summed E-state index contributed by atoms with van der Waals surface area (Å²) < 4.78 is 5.87. The van der Waals surface area contributed by atoms with Gasteiger partial charge in [-0.15, -0.1) is 0 Å². The van der Waals surface area contributed by atoms with Crippen LogP contribution in [0, 0.1) is 11.3 Å². The van der Waals surface area contributed by atoms with Crippen LogP contribution in [-0.4, -0.2) is 17.7 Å². The van der Waals surface area contributed by atoms with Crippen LogP contribution in [0.5, 0.6) is 5.75 Å². The Kier molecular flexibility index (Phi) is 4.81. The smallest absolute Gasteiger partial charge is 0.259 e. The summed E-state index contributed by atoms with van der Waals surface area (Å²) in [5.41, 5.74) is 2.72. The van der Waals surface area contributed by atoms with Crippen LogP contribution in [0.3, 0.4) is 0 Å². The Morgan fingerprint density at radius 3 is 2.82 bits per heavy atom. The van der Waals surface area contributed by atoms with E-state index in [4.69, 9.17) is 10.00 Å². The average Bonchev–Trinajstić information content (AvgIpc) is 2.47. The van der Waals surface area contributed by atoms with E-state index in [1.165, 1.54) is 0 Å². The van der Waals surface area contributed by atoms with Crippen LogP contribution in [0.2, 0.25) is 0 Å². The van der Waals surface area contributed by atoms with Gasteiger partial charge in [-0.1, -0.05) is 0 Å². The summed E-state index contributed by atoms with van der Waals surface area (Å²) in [6.45, 7) is 3.85. The number of aliphatic imine (C=N–C) groups is 2. The monoisotopic (exact) mass is 404 g/mol. The van der Waals surface area contributed by atoms with Gasteiger partial charge in [-0.2, -0.15) is 5.26 Å². The Bertz CT molecular complexity index is 752. The van der Waals surface area contributed by atoms with E-state index in [9.17, 15) is 0 Å². The van der Waals surface area contributed by atoms with Crippen molar-refractivity contribution >= 4 is 11.9 Å². The first kappa shape index (κ1) is 16.4. The Balaban J connectivity index is 0.00000176. The number of nitrogens with zero attached hydrogens (tertiary/aromatic N) is 3. The summed E-state index contributed by atoms with van der Waals surface area (Å²) in [6.07, 6.45) is 8.21. The van der Waals surface area contributed by atoms with Crippen LogP contribution in [0.15, 0.2) is 47.1 Å². The van der Waals surface area contributed by atoms with Crippen LogP contribution in [0.4, 0.5) is 0 Å². The van der Waals surface area contributed by atoms with E-state index in [2.05, 4.69) is 16.1 Å². The minimum absolute atomic E-state index is 0. The van der Waals surface area contributed by atoms with Crippen molar-refractivity contribution in [2.45, 2.75) is 26.0 Å². The number of allylic oxidation sites excluding steroid dienone is 4. The summed E-state index contributed by atoms with van der Waals surface area (Å²) >= 11 is 0. The van der Waals surface area contributed by atoms with Gasteiger partial charge in [0, 0.05) is 17.7 Å². The topological polar surface area (TPSA) is 59.5 Å². The van der Waals surface area contributed by atoms with Crippen LogP contribution in [0.1, 0.15) is 31.4 Å². The second-order valence-corrected chi connectivity index (χ2v) is 5.43. The van der Waals surface area contributed by atoms with Crippen molar-refractivity contribution in [3.8, 4) is 11.8 Å². The maximum absolute atomic E-state index is 9.07. The fourth-order valence-corrected chi connectivity index (χ4v) is 2.40. The number of fused-ring (bicyclic) bond motifs is 1. The van der Waals surface area contributed by atoms with E-state index in [1.54, 1.807) is 12.3 Å². The van der Waals surface area contributed by atoms with Gasteiger partial charge >= 0.3 is 0 Å². The zero-order valence-electron chi connectivity index (χ0n) is 12.4. The van der Waals surface area contributed by atoms with Crippen molar-refractivity contribution in [3.05, 3.63) is 53.3 Å². The zero-order valence-corrected chi connectivity index (χ0v) is 14.5. The highest BCUT2D eigenvalue weighted by Gasteiger charge is 2.29. The largest absolute Gasteiger partial charge is 1.00 e. The molecule has 22 heavy (non-hydrogen) atoms. The molecule has 0 aromatic heterocycles. The fraction of sp³-hybridized carbons (Fsp3) is 0.235. The number of hydrogen-bond acceptors (Lipinski definition) is 4. The number of halogens is 1. The lowest BCUT2D eigenvalue weighted by Gasteiger charge is -2.29. The fourth-order valence-electron chi connectivity index (χ4n) is 2.40. The van der Waals surface area contributed by atoms with Crippen LogP contribution in [-0.2, 0) is 0 Å². The van der Waals surface area contributed by atoms with Gasteiger partial charge in [0.05, 0.1) is 28.8 Å². The third-order valence-electron chi connectivity index (χ3n) is 3.26. The quantitative estimate of drug-likeness (QED) is 0.638. The first-order chi connectivity index (χ1) is 10.1. The van der Waals surface area contributed by atoms with E-state index in [0.717, 1.165) is 22.7 Å². The normalized spacial score (nSPS) is 17.3. The SMILES string of the molecule is CC1(C)N=C(CC2=CC=CC=[N+]2)c2cc(C#N)ccc2O1.[I-]. The molecule has 1 aromatic carbocycles. The van der Waals surface area contributed by atoms with Gasteiger partial charge in [-0.05, 0) is 38.1 Å². The molecule has 0 spiro atoms. The van der Waals surface area contributed by atoms with Crippen molar-refractivity contribution < 1.29 is 28.7 Å². The highest BCUT2D eigenvalue weighted by molar-refractivity contribution is 6.05. The van der Waals surface area contributed by atoms with E-state index in [1.807, 2.05) is 44.2 Å². The molecule has 2 aliphatic rings. The van der Waals surface area contributed by atoms with Crippen LogP contribution in [0.25, 0.3) is 0 Å². The number of nitriles is 1. The number of hydrogen-bond donors (Lipinski definition) is 0. The summed E-state index contributed by atoms with van der Waals surface area (Å²) in [7, 11) is 0. The lowest BCUT2D eigenvalue weighted by Crippen LogP contribution is -3.00. The Hall–Kier alpha value is -1.94. The van der Waals surface area contributed by atoms with E-state index in [-0.39, 0.29) is 24.0 Å². The first-order valence-electron chi connectivity index (χ1n) is 6.79. The molecule has 0 N–H and O–H groups in total. The molecule has 4 nitrogen and oxygen atoms in total. The van der Waals surface area contributed by atoms with Gasteiger partial charge in [0.25, 0.3) is 5.70 Å². The second kappa shape index (κ2) is 6.44. The number of benzene rings is 1. The van der Waals surface area contributed by atoms with Gasteiger partial charge in [-0.25, -0.2) is 4.99 Å². The molecule has 0 amide bonds. The molecule has 0 aliphatic carbocycles. The number of rotatable bonds is 2. The third kappa shape index (κ3) is 3.45. The molecule has 2 heterocycles. The third-order valence-corrected chi connectivity index (χ3v) is 3.26. The van der Waals surface area contributed by atoms with Gasteiger partial charge in [0.15, 0.2) is 5.72 Å². The lowest BCUT2D eigenvalue weighted by molar-refractivity contribution is -0.00000878. The summed E-state index contributed by atoms with van der Waals surface area (Å²) in [4.78, 5) is 9.02. The van der Waals surface area contributed by atoms with Crippen LogP contribution >= 0.6 is 0 Å². The Morgan fingerprint density at radius 2 is 2.14 bits per heavy atom. The molecule has 0 saturated carbocycles. The predicted molar refractivity (Wildman–Crippen MR) is 82.4 cm³/mol. The number of ether oxygens (including phenoxy) is 1. The summed E-state index contributed by atoms with van der Waals surface area (Å²) in [5, 5.41) is 9.07. The first-order valence-corrected chi connectivity index (χ1v) is 6.79. The van der Waals surface area contributed by atoms with E-state index >= 15 is 0 Å². The molecule has 111 valence electrons. The average molecular weight is 404 g/mol. The molecule has 0 saturated heterocycles. The molecule has 0 unspecified atom stereocenters. The highest BCUT2D eigenvalue weighted by atomic mass is 127. The molecule has 5 heteroatoms. The van der Waals surface area contributed by atoms with Gasteiger partial charge in [0.1, 0.15) is 5.75 Å². The second-order valence-electron chi connectivity index (χ2n) is 5.43.